The van der Waals surface area contributed by atoms with Crippen LogP contribution < -0.4 is 10.6 Å². The van der Waals surface area contributed by atoms with Crippen molar-refractivity contribution in [2.24, 2.45) is 0 Å². The summed E-state index contributed by atoms with van der Waals surface area (Å²) in [7, 11) is 0. The zero-order chi connectivity index (χ0) is 14.1. The van der Waals surface area contributed by atoms with Crippen LogP contribution in [-0.2, 0) is 0 Å². The normalized spacial score (nSPS) is 10.3. The van der Waals surface area contributed by atoms with Gasteiger partial charge in [-0.05, 0) is 36.8 Å². The lowest BCUT2D eigenvalue weighted by Gasteiger charge is -2.08. The number of thioether (sulfide) groups is 1. The summed E-state index contributed by atoms with van der Waals surface area (Å²) in [5.74, 6) is 1.33. The van der Waals surface area contributed by atoms with Crippen molar-refractivity contribution in [2.75, 3.05) is 30.0 Å². The van der Waals surface area contributed by atoms with Gasteiger partial charge < -0.3 is 15.7 Å². The molecule has 6 heteroatoms. The molecule has 0 unspecified atom stereocenters. The molecule has 0 heterocycles. The number of hydrogen-bond acceptors (Lipinski definition) is 3. The number of amides is 2. The van der Waals surface area contributed by atoms with Gasteiger partial charge in [0.2, 0.25) is 0 Å². The van der Waals surface area contributed by atoms with Gasteiger partial charge in [-0.15, -0.1) is 0 Å². The maximum absolute atomic E-state index is 13.3. The van der Waals surface area contributed by atoms with Gasteiger partial charge in [0.1, 0.15) is 5.82 Å². The highest BCUT2D eigenvalue weighted by Crippen LogP contribution is 2.13. The Morgan fingerprint density at radius 3 is 2.89 bits per heavy atom. The Kier molecular flexibility index (Phi) is 7.28. The van der Waals surface area contributed by atoms with E-state index >= 15 is 0 Å². The number of aliphatic hydroxyl groups is 1. The minimum Gasteiger partial charge on any atom is -0.396 e. The molecule has 0 aliphatic rings. The van der Waals surface area contributed by atoms with E-state index in [9.17, 15) is 9.18 Å². The van der Waals surface area contributed by atoms with Gasteiger partial charge in [0, 0.05) is 24.6 Å². The summed E-state index contributed by atoms with van der Waals surface area (Å²) >= 11 is 1.67. The summed E-state index contributed by atoms with van der Waals surface area (Å²) in [6.45, 7) is 2.40. The molecule has 0 bridgehead atoms. The lowest BCUT2D eigenvalue weighted by Crippen LogP contribution is -2.30. The molecule has 3 N–H and O–H groups in total. The van der Waals surface area contributed by atoms with Gasteiger partial charge in [0.25, 0.3) is 0 Å². The number of rotatable bonds is 7. The molecule has 4 nitrogen and oxygen atoms in total. The van der Waals surface area contributed by atoms with Crippen LogP contribution in [0, 0.1) is 12.7 Å². The number of halogens is 1. The van der Waals surface area contributed by atoms with Crippen molar-refractivity contribution in [3.05, 3.63) is 29.6 Å². The number of aryl methyl sites for hydroxylation is 1. The van der Waals surface area contributed by atoms with Gasteiger partial charge in [-0.1, -0.05) is 6.07 Å². The lowest BCUT2D eigenvalue weighted by atomic mass is 10.2. The van der Waals surface area contributed by atoms with E-state index in [-0.39, 0.29) is 18.5 Å². The van der Waals surface area contributed by atoms with Crippen molar-refractivity contribution in [1.29, 1.82) is 0 Å². The minimum atomic E-state index is -0.342. The van der Waals surface area contributed by atoms with Gasteiger partial charge in [-0.25, -0.2) is 9.18 Å². The number of anilines is 1. The SMILES string of the molecule is Cc1ccc(NC(=O)NCCSCCCO)cc1F. The molecule has 0 aliphatic heterocycles. The third-order valence-corrected chi connectivity index (χ3v) is 3.48. The van der Waals surface area contributed by atoms with E-state index in [2.05, 4.69) is 10.6 Å². The van der Waals surface area contributed by atoms with Gasteiger partial charge in [0.05, 0.1) is 0 Å². The van der Waals surface area contributed by atoms with E-state index in [1.807, 2.05) is 0 Å². The fourth-order valence-electron chi connectivity index (χ4n) is 1.35. The van der Waals surface area contributed by atoms with E-state index < -0.39 is 0 Å². The predicted octanol–water partition coefficient (Wildman–Crippen LogP) is 2.37. The third kappa shape index (κ3) is 6.45. The summed E-state index contributed by atoms with van der Waals surface area (Å²) in [6, 6.07) is 4.24. The number of benzene rings is 1. The van der Waals surface area contributed by atoms with Crippen molar-refractivity contribution >= 4 is 23.5 Å². The van der Waals surface area contributed by atoms with Crippen LogP contribution in [0.25, 0.3) is 0 Å². The van der Waals surface area contributed by atoms with Crippen LogP contribution in [0.3, 0.4) is 0 Å². The molecule has 0 spiro atoms. The Morgan fingerprint density at radius 2 is 2.21 bits per heavy atom. The van der Waals surface area contributed by atoms with Gasteiger partial charge >= 0.3 is 6.03 Å². The molecule has 0 radical (unpaired) electrons. The highest BCUT2D eigenvalue weighted by molar-refractivity contribution is 7.99. The summed E-state index contributed by atoms with van der Waals surface area (Å²) < 4.78 is 13.3. The van der Waals surface area contributed by atoms with Gasteiger partial charge in [-0.2, -0.15) is 11.8 Å². The maximum Gasteiger partial charge on any atom is 0.319 e. The van der Waals surface area contributed by atoms with Crippen LogP contribution in [0.5, 0.6) is 0 Å². The molecule has 1 aromatic rings. The van der Waals surface area contributed by atoms with Gasteiger partial charge in [-0.3, -0.25) is 0 Å². The number of aliphatic hydroxyl groups excluding tert-OH is 1. The van der Waals surface area contributed by atoms with E-state index in [0.29, 0.717) is 17.8 Å². The first kappa shape index (κ1) is 15.8. The van der Waals surface area contributed by atoms with Crippen LogP contribution in [-0.4, -0.2) is 35.8 Å². The molecule has 106 valence electrons. The van der Waals surface area contributed by atoms with E-state index in [4.69, 9.17) is 5.11 Å². The molecule has 0 aromatic heterocycles. The molecule has 0 aliphatic carbocycles. The molecule has 1 rings (SSSR count). The first-order chi connectivity index (χ1) is 9.13. The standard InChI is InChI=1S/C13H19FN2O2S/c1-10-3-4-11(9-12(10)14)16-13(18)15-5-8-19-7-2-6-17/h3-4,9,17H,2,5-8H2,1H3,(H2,15,16,18). The first-order valence-corrected chi connectivity index (χ1v) is 7.28. The highest BCUT2D eigenvalue weighted by Gasteiger charge is 2.03. The van der Waals surface area contributed by atoms with Crippen molar-refractivity contribution < 1.29 is 14.3 Å². The predicted molar refractivity (Wildman–Crippen MR) is 77.2 cm³/mol. The minimum absolute atomic E-state index is 0.194. The Morgan fingerprint density at radius 1 is 1.42 bits per heavy atom. The molecule has 2 amide bonds. The Balaban J connectivity index is 2.21. The summed E-state index contributed by atoms with van der Waals surface area (Å²) in [4.78, 5) is 11.5. The zero-order valence-corrected chi connectivity index (χ0v) is 11.7. The molecule has 1 aromatic carbocycles. The first-order valence-electron chi connectivity index (χ1n) is 6.13. The highest BCUT2D eigenvalue weighted by atomic mass is 32.2. The quantitative estimate of drug-likeness (QED) is 0.674. The Hall–Kier alpha value is -1.27. The second-order valence-corrected chi connectivity index (χ2v) is 5.26. The largest absolute Gasteiger partial charge is 0.396 e. The van der Waals surface area contributed by atoms with Crippen molar-refractivity contribution in [3.63, 3.8) is 0 Å². The molecule has 0 saturated carbocycles. The van der Waals surface area contributed by atoms with E-state index in [0.717, 1.165) is 17.9 Å². The summed E-state index contributed by atoms with van der Waals surface area (Å²) in [5.41, 5.74) is 0.986. The number of urea groups is 1. The molecule has 19 heavy (non-hydrogen) atoms. The second kappa shape index (κ2) is 8.77. The van der Waals surface area contributed by atoms with Crippen LogP contribution in [0.1, 0.15) is 12.0 Å². The molecular formula is C13H19FN2O2S. The van der Waals surface area contributed by atoms with Crippen molar-refractivity contribution in [3.8, 4) is 0 Å². The maximum atomic E-state index is 13.3. The summed E-state index contributed by atoms with van der Waals surface area (Å²) in [5, 5.41) is 13.9. The topological polar surface area (TPSA) is 61.4 Å². The number of carbonyl (C=O) groups excluding carboxylic acids is 1. The smallest absolute Gasteiger partial charge is 0.319 e. The second-order valence-electron chi connectivity index (χ2n) is 4.03. The van der Waals surface area contributed by atoms with Crippen LogP contribution in [0.4, 0.5) is 14.9 Å². The third-order valence-electron chi connectivity index (χ3n) is 2.41. The average Bonchev–Trinajstić information content (AvgIpc) is 2.38. The summed E-state index contributed by atoms with van der Waals surface area (Å²) in [6.07, 6.45) is 0.763. The van der Waals surface area contributed by atoms with Gasteiger partial charge in [0.15, 0.2) is 0 Å². The Bertz CT molecular complexity index is 416. The lowest BCUT2D eigenvalue weighted by molar-refractivity contribution is 0.252. The fraction of sp³-hybridized carbons (Fsp3) is 0.462. The number of nitrogens with one attached hydrogen (secondary N) is 2. The van der Waals surface area contributed by atoms with Crippen LogP contribution >= 0.6 is 11.8 Å². The van der Waals surface area contributed by atoms with E-state index in [1.165, 1.54) is 6.07 Å². The van der Waals surface area contributed by atoms with Crippen LogP contribution in [0.2, 0.25) is 0 Å². The van der Waals surface area contributed by atoms with Crippen molar-refractivity contribution in [2.45, 2.75) is 13.3 Å². The average molecular weight is 286 g/mol. The fourth-order valence-corrected chi connectivity index (χ4v) is 2.14. The molecule has 0 fully saturated rings. The monoisotopic (exact) mass is 286 g/mol. The Labute approximate surface area is 116 Å². The zero-order valence-electron chi connectivity index (χ0n) is 10.9. The van der Waals surface area contributed by atoms with Crippen molar-refractivity contribution in [1.82, 2.24) is 5.32 Å². The van der Waals surface area contributed by atoms with Crippen LogP contribution in [0.15, 0.2) is 18.2 Å². The molecule has 0 atom stereocenters. The number of carbonyl (C=O) groups is 1. The molecular weight excluding hydrogens is 267 g/mol. The molecule has 0 saturated heterocycles. The van der Waals surface area contributed by atoms with E-state index in [1.54, 1.807) is 30.8 Å². The number of hydrogen-bond donors (Lipinski definition) is 3.